The van der Waals surface area contributed by atoms with E-state index in [2.05, 4.69) is 17.1 Å². The molecule has 1 aromatic heterocycles. The lowest BCUT2D eigenvalue weighted by atomic mass is 10.0. The Kier molecular flexibility index (Phi) is 3.83. The fourth-order valence-electron chi connectivity index (χ4n) is 2.98. The number of aryl methyl sites for hydroxylation is 1. The number of carbonyl (C=O) groups is 1. The molecular formula is C16H24N2O2. The Morgan fingerprint density at radius 3 is 2.55 bits per heavy atom. The summed E-state index contributed by atoms with van der Waals surface area (Å²) in [6, 6.07) is 4.77. The van der Waals surface area contributed by atoms with Crippen LogP contribution in [-0.2, 0) is 4.79 Å². The highest BCUT2D eigenvalue weighted by Gasteiger charge is 2.35. The lowest BCUT2D eigenvalue weighted by Crippen LogP contribution is -2.45. The number of amides is 1. The van der Waals surface area contributed by atoms with E-state index >= 15 is 0 Å². The summed E-state index contributed by atoms with van der Waals surface area (Å²) in [5.74, 6) is 2.69. The number of hydrogen-bond acceptors (Lipinski definition) is 3. The van der Waals surface area contributed by atoms with E-state index in [1.54, 1.807) is 0 Å². The van der Waals surface area contributed by atoms with E-state index < -0.39 is 0 Å². The molecule has 0 aromatic carbocycles. The molecule has 1 aromatic rings. The van der Waals surface area contributed by atoms with Gasteiger partial charge in [0.15, 0.2) is 0 Å². The molecule has 1 unspecified atom stereocenters. The lowest BCUT2D eigenvalue weighted by molar-refractivity contribution is -0.133. The van der Waals surface area contributed by atoms with Crippen molar-refractivity contribution < 1.29 is 9.21 Å². The molecule has 1 amide bonds. The summed E-state index contributed by atoms with van der Waals surface area (Å²) in [6.07, 6.45) is 4.29. The second-order valence-corrected chi connectivity index (χ2v) is 6.21. The standard InChI is InChI=1S/C16H24N2O2/c1-11-3-6-15(20-11)12(2)17-14-7-9-18(10-8-14)16(19)13-4-5-13/h3,6,12-14,17H,4-5,7-10H2,1-2H3. The van der Waals surface area contributed by atoms with Gasteiger partial charge in [-0.1, -0.05) is 0 Å². The number of piperidine rings is 1. The molecule has 1 aliphatic heterocycles. The third-order valence-corrected chi connectivity index (χ3v) is 4.41. The first kappa shape index (κ1) is 13.7. The molecule has 0 radical (unpaired) electrons. The maximum Gasteiger partial charge on any atom is 0.225 e. The molecule has 20 heavy (non-hydrogen) atoms. The van der Waals surface area contributed by atoms with Crippen molar-refractivity contribution in [2.45, 2.75) is 51.6 Å². The minimum absolute atomic E-state index is 0.236. The zero-order valence-corrected chi connectivity index (χ0v) is 12.4. The van der Waals surface area contributed by atoms with Crippen molar-refractivity contribution in [1.29, 1.82) is 0 Å². The van der Waals surface area contributed by atoms with E-state index in [0.717, 1.165) is 50.3 Å². The van der Waals surface area contributed by atoms with Gasteiger partial charge in [0.25, 0.3) is 0 Å². The SMILES string of the molecule is Cc1ccc(C(C)NC2CCN(C(=O)C3CC3)CC2)o1. The molecule has 110 valence electrons. The van der Waals surface area contributed by atoms with E-state index in [0.29, 0.717) is 17.9 Å². The van der Waals surface area contributed by atoms with Crippen LogP contribution < -0.4 is 5.32 Å². The maximum absolute atomic E-state index is 12.0. The average molecular weight is 276 g/mol. The molecule has 3 rings (SSSR count). The van der Waals surface area contributed by atoms with Gasteiger partial charge < -0.3 is 14.6 Å². The van der Waals surface area contributed by atoms with Gasteiger partial charge in [0.05, 0.1) is 6.04 Å². The van der Waals surface area contributed by atoms with Crippen LogP contribution in [0, 0.1) is 12.8 Å². The molecule has 2 aliphatic rings. The summed E-state index contributed by atoms with van der Waals surface area (Å²) in [6.45, 7) is 5.91. The Hall–Kier alpha value is -1.29. The van der Waals surface area contributed by atoms with Crippen LogP contribution in [0.25, 0.3) is 0 Å². The quantitative estimate of drug-likeness (QED) is 0.919. The molecular weight excluding hydrogens is 252 g/mol. The Morgan fingerprint density at radius 1 is 1.30 bits per heavy atom. The minimum atomic E-state index is 0.236. The van der Waals surface area contributed by atoms with Crippen LogP contribution >= 0.6 is 0 Å². The highest BCUT2D eigenvalue weighted by atomic mass is 16.3. The predicted molar refractivity (Wildman–Crippen MR) is 77.3 cm³/mol. The number of carbonyl (C=O) groups excluding carboxylic acids is 1. The average Bonchev–Trinajstić information content (AvgIpc) is 3.20. The Bertz CT molecular complexity index is 471. The monoisotopic (exact) mass is 276 g/mol. The smallest absolute Gasteiger partial charge is 0.225 e. The summed E-state index contributed by atoms with van der Waals surface area (Å²) in [5.41, 5.74) is 0. The van der Waals surface area contributed by atoms with Gasteiger partial charge in [-0.2, -0.15) is 0 Å². The van der Waals surface area contributed by atoms with Crippen molar-refractivity contribution in [1.82, 2.24) is 10.2 Å². The molecule has 1 saturated carbocycles. The second-order valence-electron chi connectivity index (χ2n) is 6.21. The summed E-state index contributed by atoms with van der Waals surface area (Å²) >= 11 is 0. The minimum Gasteiger partial charge on any atom is -0.465 e. The van der Waals surface area contributed by atoms with Crippen LogP contribution in [0.4, 0.5) is 0 Å². The summed E-state index contributed by atoms with van der Waals surface area (Å²) in [5, 5.41) is 3.62. The summed E-state index contributed by atoms with van der Waals surface area (Å²) in [4.78, 5) is 14.1. The van der Waals surface area contributed by atoms with E-state index in [1.807, 2.05) is 19.1 Å². The molecule has 1 saturated heterocycles. The summed E-state index contributed by atoms with van der Waals surface area (Å²) < 4.78 is 5.66. The lowest BCUT2D eigenvalue weighted by Gasteiger charge is -2.33. The molecule has 2 heterocycles. The molecule has 0 spiro atoms. The Morgan fingerprint density at radius 2 is 2.00 bits per heavy atom. The number of likely N-dealkylation sites (tertiary alicyclic amines) is 1. The topological polar surface area (TPSA) is 45.5 Å². The van der Waals surface area contributed by atoms with E-state index in [9.17, 15) is 4.79 Å². The molecule has 1 aliphatic carbocycles. The first-order valence-electron chi connectivity index (χ1n) is 7.74. The van der Waals surface area contributed by atoms with Crippen LogP contribution in [-0.4, -0.2) is 29.9 Å². The van der Waals surface area contributed by atoms with Crippen LogP contribution in [0.1, 0.15) is 50.2 Å². The number of hydrogen-bond donors (Lipinski definition) is 1. The van der Waals surface area contributed by atoms with Crippen LogP contribution in [0.15, 0.2) is 16.5 Å². The van der Waals surface area contributed by atoms with Gasteiger partial charge in [-0.3, -0.25) is 4.79 Å². The molecule has 1 N–H and O–H groups in total. The zero-order valence-electron chi connectivity index (χ0n) is 12.4. The normalized spacial score (nSPS) is 22.0. The van der Waals surface area contributed by atoms with Crippen LogP contribution in [0.5, 0.6) is 0 Å². The van der Waals surface area contributed by atoms with Crippen molar-refractivity contribution in [2.24, 2.45) is 5.92 Å². The molecule has 2 fully saturated rings. The maximum atomic E-state index is 12.0. The highest BCUT2D eigenvalue weighted by Crippen LogP contribution is 2.32. The predicted octanol–water partition coefficient (Wildman–Crippen LogP) is 2.64. The first-order valence-corrected chi connectivity index (χ1v) is 7.74. The van der Waals surface area contributed by atoms with E-state index in [4.69, 9.17) is 4.42 Å². The van der Waals surface area contributed by atoms with Gasteiger partial charge >= 0.3 is 0 Å². The zero-order chi connectivity index (χ0) is 14.1. The van der Waals surface area contributed by atoms with Gasteiger partial charge in [0, 0.05) is 25.0 Å². The second kappa shape index (κ2) is 5.60. The molecule has 0 bridgehead atoms. The van der Waals surface area contributed by atoms with Crippen molar-refractivity contribution in [3.8, 4) is 0 Å². The third kappa shape index (κ3) is 3.06. The fraction of sp³-hybridized carbons (Fsp3) is 0.688. The van der Waals surface area contributed by atoms with E-state index in [-0.39, 0.29) is 6.04 Å². The number of nitrogens with zero attached hydrogens (tertiary/aromatic N) is 1. The van der Waals surface area contributed by atoms with Gasteiger partial charge in [-0.15, -0.1) is 0 Å². The van der Waals surface area contributed by atoms with Crippen molar-refractivity contribution in [3.05, 3.63) is 23.7 Å². The highest BCUT2D eigenvalue weighted by molar-refractivity contribution is 5.81. The largest absolute Gasteiger partial charge is 0.465 e. The number of rotatable bonds is 4. The Balaban J connectivity index is 1.47. The van der Waals surface area contributed by atoms with Gasteiger partial charge in [-0.25, -0.2) is 0 Å². The number of furan rings is 1. The van der Waals surface area contributed by atoms with Crippen LogP contribution in [0.3, 0.4) is 0 Å². The van der Waals surface area contributed by atoms with Crippen molar-refractivity contribution in [2.75, 3.05) is 13.1 Å². The third-order valence-electron chi connectivity index (χ3n) is 4.41. The molecule has 4 nitrogen and oxygen atoms in total. The first-order chi connectivity index (χ1) is 9.63. The fourth-order valence-corrected chi connectivity index (χ4v) is 2.98. The van der Waals surface area contributed by atoms with Gasteiger partial charge in [0.2, 0.25) is 5.91 Å². The van der Waals surface area contributed by atoms with E-state index in [1.165, 1.54) is 0 Å². The molecule has 4 heteroatoms. The van der Waals surface area contributed by atoms with Crippen molar-refractivity contribution >= 4 is 5.91 Å². The number of nitrogens with one attached hydrogen (secondary N) is 1. The summed E-state index contributed by atoms with van der Waals surface area (Å²) in [7, 11) is 0. The molecule has 1 atom stereocenters. The van der Waals surface area contributed by atoms with Crippen LogP contribution in [0.2, 0.25) is 0 Å². The van der Waals surface area contributed by atoms with Gasteiger partial charge in [-0.05, 0) is 51.7 Å². The van der Waals surface area contributed by atoms with Gasteiger partial charge in [0.1, 0.15) is 11.5 Å². The van der Waals surface area contributed by atoms with Crippen molar-refractivity contribution in [3.63, 3.8) is 0 Å². The Labute approximate surface area is 120 Å².